The normalized spacial score (nSPS) is 10.5. The van der Waals surface area contributed by atoms with Crippen molar-refractivity contribution in [2.75, 3.05) is 0 Å². The van der Waals surface area contributed by atoms with Crippen LogP contribution in [0.4, 0.5) is 0 Å². The molecule has 0 unspecified atom stereocenters. The SMILES string of the molecule is Cc1ccc(-c2nnc(I)o2)nc1C. The van der Waals surface area contributed by atoms with E-state index in [-0.39, 0.29) is 0 Å². The maximum absolute atomic E-state index is 5.27. The first kappa shape index (κ1) is 9.57. The maximum atomic E-state index is 5.27. The number of halogens is 1. The summed E-state index contributed by atoms with van der Waals surface area (Å²) >= 11 is 1.97. The molecule has 0 bridgehead atoms. The second-order valence-electron chi connectivity index (χ2n) is 2.96. The van der Waals surface area contributed by atoms with Crippen LogP contribution in [0.5, 0.6) is 0 Å². The van der Waals surface area contributed by atoms with Crippen LogP contribution in [-0.4, -0.2) is 15.2 Å². The molecule has 0 aromatic carbocycles. The number of rotatable bonds is 1. The fourth-order valence-electron chi connectivity index (χ4n) is 1.06. The Labute approximate surface area is 94.9 Å². The van der Waals surface area contributed by atoms with Crippen molar-refractivity contribution in [2.24, 2.45) is 0 Å². The average Bonchev–Trinajstić information content (AvgIpc) is 2.57. The van der Waals surface area contributed by atoms with E-state index in [1.54, 1.807) is 0 Å². The van der Waals surface area contributed by atoms with Gasteiger partial charge in [-0.25, -0.2) is 4.98 Å². The molecular formula is C9H8IN3O. The summed E-state index contributed by atoms with van der Waals surface area (Å²) in [7, 11) is 0. The van der Waals surface area contributed by atoms with E-state index >= 15 is 0 Å². The minimum atomic E-state index is 0.470. The van der Waals surface area contributed by atoms with E-state index < -0.39 is 0 Å². The molecule has 0 amide bonds. The van der Waals surface area contributed by atoms with Gasteiger partial charge in [-0.15, -0.1) is 10.2 Å². The van der Waals surface area contributed by atoms with Gasteiger partial charge in [0.1, 0.15) is 5.69 Å². The highest BCUT2D eigenvalue weighted by molar-refractivity contribution is 14.1. The van der Waals surface area contributed by atoms with E-state index in [2.05, 4.69) is 15.2 Å². The summed E-state index contributed by atoms with van der Waals surface area (Å²) in [6, 6.07) is 3.88. The summed E-state index contributed by atoms with van der Waals surface area (Å²) in [4.78, 5) is 4.36. The molecule has 0 aliphatic carbocycles. The molecule has 0 atom stereocenters. The Morgan fingerprint density at radius 1 is 1.21 bits per heavy atom. The number of nitrogens with zero attached hydrogens (tertiary/aromatic N) is 3. The molecule has 0 radical (unpaired) electrons. The molecule has 2 rings (SSSR count). The van der Waals surface area contributed by atoms with Gasteiger partial charge in [0.2, 0.25) is 0 Å². The van der Waals surface area contributed by atoms with Crippen molar-refractivity contribution in [2.45, 2.75) is 13.8 Å². The summed E-state index contributed by atoms with van der Waals surface area (Å²) in [5.74, 6) is 0.470. The van der Waals surface area contributed by atoms with Crippen molar-refractivity contribution in [1.29, 1.82) is 0 Å². The van der Waals surface area contributed by atoms with Gasteiger partial charge in [-0.2, -0.15) is 0 Å². The first-order valence-corrected chi connectivity index (χ1v) is 5.18. The van der Waals surface area contributed by atoms with Crippen molar-refractivity contribution >= 4 is 22.6 Å². The zero-order chi connectivity index (χ0) is 10.1. The summed E-state index contributed by atoms with van der Waals surface area (Å²) in [5.41, 5.74) is 2.86. The standard InChI is InChI=1S/C9H8IN3O/c1-5-3-4-7(11-6(5)2)8-12-13-9(10)14-8/h3-4H,1-2H3. The monoisotopic (exact) mass is 301 g/mol. The molecule has 2 heterocycles. The number of hydrogen-bond acceptors (Lipinski definition) is 4. The lowest BCUT2D eigenvalue weighted by Gasteiger charge is -1.99. The zero-order valence-corrected chi connectivity index (χ0v) is 9.94. The molecule has 0 N–H and O–H groups in total. The first-order valence-electron chi connectivity index (χ1n) is 4.10. The third-order valence-corrected chi connectivity index (χ3v) is 2.41. The molecule has 5 heteroatoms. The smallest absolute Gasteiger partial charge is 0.278 e. The Balaban J connectivity index is 2.47. The van der Waals surface area contributed by atoms with E-state index in [9.17, 15) is 0 Å². The molecule has 72 valence electrons. The van der Waals surface area contributed by atoms with Crippen LogP contribution >= 0.6 is 22.6 Å². The van der Waals surface area contributed by atoms with Gasteiger partial charge in [-0.05, 0) is 25.5 Å². The largest absolute Gasteiger partial charge is 0.410 e. The van der Waals surface area contributed by atoms with Crippen LogP contribution in [0.3, 0.4) is 0 Å². The predicted octanol–water partition coefficient (Wildman–Crippen LogP) is 2.35. The van der Waals surface area contributed by atoms with Gasteiger partial charge in [0.15, 0.2) is 0 Å². The van der Waals surface area contributed by atoms with E-state index in [1.165, 1.54) is 0 Å². The fraction of sp³-hybridized carbons (Fsp3) is 0.222. The van der Waals surface area contributed by atoms with Crippen LogP contribution in [0.2, 0.25) is 0 Å². The van der Waals surface area contributed by atoms with Gasteiger partial charge in [0, 0.05) is 28.3 Å². The number of pyridine rings is 1. The molecule has 2 aromatic heterocycles. The van der Waals surface area contributed by atoms with E-state index in [1.807, 2.05) is 48.6 Å². The lowest BCUT2D eigenvalue weighted by atomic mass is 10.2. The second-order valence-corrected chi connectivity index (χ2v) is 3.88. The molecule has 0 fully saturated rings. The Hall–Kier alpha value is -0.980. The van der Waals surface area contributed by atoms with Crippen molar-refractivity contribution in [3.05, 3.63) is 27.3 Å². The van der Waals surface area contributed by atoms with Crippen LogP contribution in [0, 0.1) is 17.7 Å². The molecule has 0 saturated carbocycles. The van der Waals surface area contributed by atoms with Gasteiger partial charge in [-0.3, -0.25) is 0 Å². The number of aryl methyl sites for hydroxylation is 2. The Kier molecular flexibility index (Phi) is 2.49. The van der Waals surface area contributed by atoms with Crippen molar-refractivity contribution in [3.63, 3.8) is 0 Å². The van der Waals surface area contributed by atoms with Gasteiger partial charge in [0.05, 0.1) is 0 Å². The molecule has 0 spiro atoms. The summed E-state index contributed by atoms with van der Waals surface area (Å²) in [6.45, 7) is 3.98. The van der Waals surface area contributed by atoms with Crippen molar-refractivity contribution < 1.29 is 4.42 Å². The lowest BCUT2D eigenvalue weighted by Crippen LogP contribution is -1.90. The maximum Gasteiger partial charge on any atom is 0.278 e. The highest BCUT2D eigenvalue weighted by Gasteiger charge is 2.08. The first-order chi connectivity index (χ1) is 6.66. The van der Waals surface area contributed by atoms with E-state index in [0.29, 0.717) is 9.79 Å². The van der Waals surface area contributed by atoms with Crippen LogP contribution in [-0.2, 0) is 0 Å². The van der Waals surface area contributed by atoms with Gasteiger partial charge in [0.25, 0.3) is 9.79 Å². The van der Waals surface area contributed by atoms with Crippen LogP contribution < -0.4 is 0 Å². The van der Waals surface area contributed by atoms with E-state index in [4.69, 9.17) is 4.42 Å². The lowest BCUT2D eigenvalue weighted by molar-refractivity contribution is 0.535. The van der Waals surface area contributed by atoms with Crippen LogP contribution in [0.25, 0.3) is 11.6 Å². The topological polar surface area (TPSA) is 51.8 Å². The minimum absolute atomic E-state index is 0.470. The van der Waals surface area contributed by atoms with Crippen molar-refractivity contribution in [1.82, 2.24) is 15.2 Å². The number of aromatic nitrogens is 3. The quantitative estimate of drug-likeness (QED) is 0.759. The van der Waals surface area contributed by atoms with Gasteiger partial charge >= 0.3 is 0 Å². The molecule has 4 nitrogen and oxygen atoms in total. The predicted molar refractivity (Wildman–Crippen MR) is 59.7 cm³/mol. The molecule has 0 saturated heterocycles. The minimum Gasteiger partial charge on any atom is -0.410 e. The highest BCUT2D eigenvalue weighted by Crippen LogP contribution is 2.17. The Morgan fingerprint density at radius 2 is 2.00 bits per heavy atom. The van der Waals surface area contributed by atoms with Crippen LogP contribution in [0.1, 0.15) is 11.3 Å². The average molecular weight is 301 g/mol. The molecule has 14 heavy (non-hydrogen) atoms. The fourth-order valence-corrected chi connectivity index (χ4v) is 1.38. The molecule has 2 aromatic rings. The molecule has 0 aliphatic rings. The van der Waals surface area contributed by atoms with E-state index in [0.717, 1.165) is 17.0 Å². The summed E-state index contributed by atoms with van der Waals surface area (Å²) in [5, 5.41) is 7.65. The molecular weight excluding hydrogens is 293 g/mol. The second kappa shape index (κ2) is 3.64. The molecule has 0 aliphatic heterocycles. The van der Waals surface area contributed by atoms with Crippen LogP contribution in [0.15, 0.2) is 16.5 Å². The van der Waals surface area contributed by atoms with Gasteiger partial charge in [-0.1, -0.05) is 6.07 Å². The summed E-state index contributed by atoms with van der Waals surface area (Å²) in [6.07, 6.45) is 0. The Morgan fingerprint density at radius 3 is 2.57 bits per heavy atom. The third kappa shape index (κ3) is 1.77. The highest BCUT2D eigenvalue weighted by atomic mass is 127. The summed E-state index contributed by atoms with van der Waals surface area (Å²) < 4.78 is 5.79. The van der Waals surface area contributed by atoms with Gasteiger partial charge < -0.3 is 4.42 Å². The Bertz CT molecular complexity index is 467. The van der Waals surface area contributed by atoms with Crippen molar-refractivity contribution in [3.8, 4) is 11.6 Å². The third-order valence-electron chi connectivity index (χ3n) is 1.97. The number of hydrogen-bond donors (Lipinski definition) is 0. The zero-order valence-electron chi connectivity index (χ0n) is 7.78.